The Balaban J connectivity index is 1.58. The van der Waals surface area contributed by atoms with Gasteiger partial charge in [-0.15, -0.1) is 0 Å². The van der Waals surface area contributed by atoms with E-state index in [4.69, 9.17) is 0 Å². The monoisotopic (exact) mass is 327 g/mol. The molecule has 1 aromatic heterocycles. The molecule has 1 heterocycles. The summed E-state index contributed by atoms with van der Waals surface area (Å²) in [6.07, 6.45) is 4.11. The predicted molar refractivity (Wildman–Crippen MR) is 86.0 cm³/mol. The van der Waals surface area contributed by atoms with Crippen molar-refractivity contribution in [3.8, 4) is 5.69 Å². The molecule has 4 nitrogen and oxygen atoms in total. The van der Waals surface area contributed by atoms with Crippen LogP contribution in [0.4, 0.5) is 8.78 Å². The molecule has 0 bridgehead atoms. The first kappa shape index (κ1) is 15.9. The smallest absolute Gasteiger partial charge is 0.254 e. The third kappa shape index (κ3) is 3.48. The molecule has 0 aliphatic rings. The second-order valence-electron chi connectivity index (χ2n) is 5.24. The lowest BCUT2D eigenvalue weighted by Crippen LogP contribution is -2.26. The lowest BCUT2D eigenvalue weighted by atomic mass is 10.2. The van der Waals surface area contributed by atoms with Crippen LogP contribution in [0.1, 0.15) is 15.9 Å². The Morgan fingerprint density at radius 3 is 2.67 bits per heavy atom. The lowest BCUT2D eigenvalue weighted by Gasteiger charge is -2.05. The van der Waals surface area contributed by atoms with Crippen LogP contribution < -0.4 is 5.32 Å². The fraction of sp³-hybridized carbons (Fsp3) is 0.111. The van der Waals surface area contributed by atoms with Crippen molar-refractivity contribution in [3.05, 3.63) is 83.7 Å². The first-order valence-corrected chi connectivity index (χ1v) is 7.46. The molecule has 0 unspecified atom stereocenters. The average molecular weight is 327 g/mol. The number of para-hydroxylation sites is 1. The standard InChI is InChI=1S/C18H15F2N3O/c19-16-8-4-7-15(17(16)20)18(24)21-10-9-13-11-22-23(12-13)14-5-2-1-3-6-14/h1-8,11-12H,9-10H2,(H,21,24). The van der Waals surface area contributed by atoms with Gasteiger partial charge in [0.2, 0.25) is 0 Å². The average Bonchev–Trinajstić information content (AvgIpc) is 3.07. The number of carbonyl (C=O) groups is 1. The highest BCUT2D eigenvalue weighted by molar-refractivity contribution is 5.94. The molecule has 2 aromatic carbocycles. The van der Waals surface area contributed by atoms with Crippen molar-refractivity contribution in [3.63, 3.8) is 0 Å². The van der Waals surface area contributed by atoms with Crippen LogP contribution in [0, 0.1) is 11.6 Å². The van der Waals surface area contributed by atoms with Crippen LogP contribution in [0.3, 0.4) is 0 Å². The van der Waals surface area contributed by atoms with E-state index in [1.54, 1.807) is 10.9 Å². The Hall–Kier alpha value is -3.02. The Labute approximate surface area is 137 Å². The predicted octanol–water partition coefficient (Wildman–Crippen LogP) is 3.12. The lowest BCUT2D eigenvalue weighted by molar-refractivity contribution is 0.0949. The van der Waals surface area contributed by atoms with Gasteiger partial charge in [-0.1, -0.05) is 24.3 Å². The summed E-state index contributed by atoms with van der Waals surface area (Å²) >= 11 is 0. The molecular formula is C18H15F2N3O. The van der Waals surface area contributed by atoms with Gasteiger partial charge in [-0.2, -0.15) is 5.10 Å². The van der Waals surface area contributed by atoms with Gasteiger partial charge in [0, 0.05) is 12.7 Å². The SMILES string of the molecule is O=C(NCCc1cnn(-c2ccccc2)c1)c1cccc(F)c1F. The first-order valence-electron chi connectivity index (χ1n) is 7.46. The number of hydrogen-bond donors (Lipinski definition) is 1. The highest BCUT2D eigenvalue weighted by Gasteiger charge is 2.14. The summed E-state index contributed by atoms with van der Waals surface area (Å²) in [6, 6.07) is 13.2. The molecule has 0 saturated heterocycles. The summed E-state index contributed by atoms with van der Waals surface area (Å²) in [4.78, 5) is 11.9. The molecule has 24 heavy (non-hydrogen) atoms. The number of aromatic nitrogens is 2. The van der Waals surface area contributed by atoms with Gasteiger partial charge in [0.25, 0.3) is 5.91 Å². The molecule has 0 radical (unpaired) electrons. The van der Waals surface area contributed by atoms with Crippen LogP contribution in [-0.2, 0) is 6.42 Å². The number of halogens is 2. The van der Waals surface area contributed by atoms with Gasteiger partial charge in [0.15, 0.2) is 11.6 Å². The summed E-state index contributed by atoms with van der Waals surface area (Å²) < 4.78 is 28.4. The largest absolute Gasteiger partial charge is 0.352 e. The van der Waals surface area contributed by atoms with E-state index < -0.39 is 17.5 Å². The molecule has 122 valence electrons. The van der Waals surface area contributed by atoms with E-state index in [0.29, 0.717) is 13.0 Å². The highest BCUT2D eigenvalue weighted by atomic mass is 19.2. The van der Waals surface area contributed by atoms with Crippen LogP contribution in [0.5, 0.6) is 0 Å². The molecule has 0 fully saturated rings. The molecule has 1 amide bonds. The van der Waals surface area contributed by atoms with E-state index in [1.807, 2.05) is 36.5 Å². The summed E-state index contributed by atoms with van der Waals surface area (Å²) in [5.41, 5.74) is 1.57. The van der Waals surface area contributed by atoms with Crippen LogP contribution in [0.15, 0.2) is 60.9 Å². The minimum absolute atomic E-state index is 0.296. The molecule has 0 aliphatic heterocycles. The Kier molecular flexibility index (Phi) is 4.65. The van der Waals surface area contributed by atoms with Crippen molar-refractivity contribution in [2.24, 2.45) is 0 Å². The Morgan fingerprint density at radius 2 is 1.88 bits per heavy atom. The summed E-state index contributed by atoms with van der Waals surface area (Å²) in [6.45, 7) is 0.301. The maximum absolute atomic E-state index is 13.5. The van der Waals surface area contributed by atoms with Crippen LogP contribution in [-0.4, -0.2) is 22.2 Å². The van der Waals surface area contributed by atoms with Crippen molar-refractivity contribution in [2.75, 3.05) is 6.54 Å². The number of nitrogens with zero attached hydrogens (tertiary/aromatic N) is 2. The maximum Gasteiger partial charge on any atom is 0.254 e. The molecule has 0 atom stereocenters. The first-order chi connectivity index (χ1) is 11.6. The number of carbonyl (C=O) groups excluding carboxylic acids is 1. The fourth-order valence-corrected chi connectivity index (χ4v) is 2.31. The van der Waals surface area contributed by atoms with Crippen molar-refractivity contribution >= 4 is 5.91 Å². The van der Waals surface area contributed by atoms with E-state index in [9.17, 15) is 13.6 Å². The normalized spacial score (nSPS) is 10.6. The van der Waals surface area contributed by atoms with E-state index in [0.717, 1.165) is 17.3 Å². The second-order valence-corrected chi connectivity index (χ2v) is 5.24. The fourth-order valence-electron chi connectivity index (χ4n) is 2.31. The Bertz CT molecular complexity index is 846. The van der Waals surface area contributed by atoms with Crippen molar-refractivity contribution in [1.82, 2.24) is 15.1 Å². The van der Waals surface area contributed by atoms with Gasteiger partial charge in [-0.25, -0.2) is 13.5 Å². The number of nitrogens with one attached hydrogen (secondary N) is 1. The quantitative estimate of drug-likeness (QED) is 0.783. The zero-order chi connectivity index (χ0) is 16.9. The van der Waals surface area contributed by atoms with Crippen LogP contribution >= 0.6 is 0 Å². The summed E-state index contributed by atoms with van der Waals surface area (Å²) in [7, 11) is 0. The van der Waals surface area contributed by atoms with Crippen molar-refractivity contribution < 1.29 is 13.6 Å². The zero-order valence-corrected chi connectivity index (χ0v) is 12.7. The molecule has 3 rings (SSSR count). The number of rotatable bonds is 5. The molecule has 1 N–H and O–H groups in total. The molecule has 0 aliphatic carbocycles. The third-order valence-electron chi connectivity index (χ3n) is 3.55. The van der Waals surface area contributed by atoms with E-state index >= 15 is 0 Å². The van der Waals surface area contributed by atoms with Gasteiger partial charge in [0.1, 0.15) is 0 Å². The highest BCUT2D eigenvalue weighted by Crippen LogP contribution is 2.11. The minimum Gasteiger partial charge on any atom is -0.352 e. The van der Waals surface area contributed by atoms with Crippen LogP contribution in [0.2, 0.25) is 0 Å². The number of hydrogen-bond acceptors (Lipinski definition) is 2. The summed E-state index contributed by atoms with van der Waals surface area (Å²) in [5, 5.41) is 6.84. The van der Waals surface area contributed by atoms with E-state index in [1.165, 1.54) is 12.1 Å². The molecular weight excluding hydrogens is 312 g/mol. The van der Waals surface area contributed by atoms with Gasteiger partial charge in [-0.3, -0.25) is 4.79 Å². The second kappa shape index (κ2) is 7.04. The topological polar surface area (TPSA) is 46.9 Å². The van der Waals surface area contributed by atoms with Crippen molar-refractivity contribution in [1.29, 1.82) is 0 Å². The molecule has 0 saturated carbocycles. The van der Waals surface area contributed by atoms with Gasteiger partial charge in [0.05, 0.1) is 17.4 Å². The van der Waals surface area contributed by atoms with E-state index in [-0.39, 0.29) is 5.56 Å². The van der Waals surface area contributed by atoms with Gasteiger partial charge < -0.3 is 5.32 Å². The minimum atomic E-state index is -1.13. The zero-order valence-electron chi connectivity index (χ0n) is 12.7. The van der Waals surface area contributed by atoms with Gasteiger partial charge in [-0.05, 0) is 36.2 Å². The van der Waals surface area contributed by atoms with Crippen LogP contribution in [0.25, 0.3) is 5.69 Å². The molecule has 6 heteroatoms. The third-order valence-corrected chi connectivity index (χ3v) is 3.55. The number of amides is 1. The molecule has 3 aromatic rings. The number of benzene rings is 2. The molecule has 0 spiro atoms. The summed E-state index contributed by atoms with van der Waals surface area (Å²) in [5.74, 6) is -2.80. The van der Waals surface area contributed by atoms with E-state index in [2.05, 4.69) is 10.4 Å². The van der Waals surface area contributed by atoms with Gasteiger partial charge >= 0.3 is 0 Å². The Morgan fingerprint density at radius 1 is 1.08 bits per heavy atom. The van der Waals surface area contributed by atoms with Crippen molar-refractivity contribution in [2.45, 2.75) is 6.42 Å². The maximum atomic E-state index is 13.5.